The molecule has 1 aliphatic rings. The van der Waals surface area contributed by atoms with Crippen molar-refractivity contribution in [2.45, 2.75) is 320 Å². The molecular weight excluding hydrogens is 971 g/mol. The fourth-order valence-electron chi connectivity index (χ4n) is 9.81. The van der Waals surface area contributed by atoms with E-state index < -0.39 is 49.5 Å². The summed E-state index contributed by atoms with van der Waals surface area (Å²) in [5.74, 6) is -0.199. The lowest BCUT2D eigenvalue weighted by molar-refractivity contribution is -0.302. The Labute approximate surface area is 479 Å². The van der Waals surface area contributed by atoms with E-state index in [4.69, 9.17) is 9.47 Å². The molecule has 0 aromatic carbocycles. The number of aliphatic hydroxyl groups excluding tert-OH is 5. The quantitative estimate of drug-likeness (QED) is 0.0261. The summed E-state index contributed by atoms with van der Waals surface area (Å²) < 4.78 is 11.3. The van der Waals surface area contributed by atoms with Gasteiger partial charge >= 0.3 is 0 Å². The normalized spacial score (nSPS) is 19.3. The molecule has 1 amide bonds. The van der Waals surface area contributed by atoms with Gasteiger partial charge in [0.25, 0.3) is 0 Å². The first-order valence-corrected chi connectivity index (χ1v) is 32.5. The van der Waals surface area contributed by atoms with Gasteiger partial charge in [-0.2, -0.15) is 0 Å². The van der Waals surface area contributed by atoms with Crippen molar-refractivity contribution in [1.82, 2.24) is 5.32 Å². The highest BCUT2D eigenvalue weighted by atomic mass is 16.7. The van der Waals surface area contributed by atoms with Crippen molar-refractivity contribution in [3.8, 4) is 0 Å². The van der Waals surface area contributed by atoms with Gasteiger partial charge in [0.1, 0.15) is 24.4 Å². The average molecular weight is 1090 g/mol. The minimum absolute atomic E-state index is 0.199. The van der Waals surface area contributed by atoms with Crippen LogP contribution in [-0.2, 0) is 14.3 Å². The maximum absolute atomic E-state index is 13.1. The number of unbranched alkanes of at least 4 members (excludes halogenated alkanes) is 31. The lowest BCUT2D eigenvalue weighted by Gasteiger charge is -2.40. The van der Waals surface area contributed by atoms with Crippen LogP contribution in [0, 0.1) is 0 Å². The minimum atomic E-state index is -1.58. The fraction of sp³-hybridized carbons (Fsp3) is 0.754. The standard InChI is InChI=1S/C69H121NO8/c1-3-5-7-9-11-13-15-17-19-21-23-25-27-29-30-31-32-33-35-36-38-40-42-44-46-48-50-52-54-56-58-63(72)62(61-77-69-68(76)67(75)66(74)64(60-71)78-69)70-65(73)59-57-55-53-51-49-47-45-43-41-39-37-34-28-26-24-22-20-18-16-14-12-10-8-6-4-2/h6,8,12,14,18,20,24,26,34,37,40,42,48,50,56,58,62-64,66-69,71-72,74-76H,3-5,7,9-11,13,15-17,19,21-23,25,27-33,35-36,38-39,41,43-47,49,51-55,57,59-61H2,1-2H3,(H,70,73)/b8-6-,14-12-,20-18-,26-24-,37-34-,42-40+,50-48+,58-56+. The van der Waals surface area contributed by atoms with E-state index in [0.717, 1.165) is 89.9 Å². The van der Waals surface area contributed by atoms with Crippen LogP contribution in [0.2, 0.25) is 0 Å². The predicted octanol–water partition coefficient (Wildman–Crippen LogP) is 17.1. The number of carbonyl (C=O) groups is 1. The smallest absolute Gasteiger partial charge is 0.220 e. The zero-order chi connectivity index (χ0) is 56.5. The van der Waals surface area contributed by atoms with E-state index in [2.05, 4.69) is 104 Å². The van der Waals surface area contributed by atoms with Gasteiger partial charge < -0.3 is 40.3 Å². The molecule has 1 heterocycles. The maximum Gasteiger partial charge on any atom is 0.220 e. The van der Waals surface area contributed by atoms with E-state index in [0.29, 0.717) is 6.42 Å². The van der Waals surface area contributed by atoms with E-state index in [-0.39, 0.29) is 12.5 Å². The summed E-state index contributed by atoms with van der Waals surface area (Å²) in [5, 5.41) is 54.6. The first-order chi connectivity index (χ1) is 38.3. The van der Waals surface area contributed by atoms with Crippen molar-refractivity contribution in [1.29, 1.82) is 0 Å². The monoisotopic (exact) mass is 1090 g/mol. The number of ether oxygens (including phenoxy) is 2. The van der Waals surface area contributed by atoms with Gasteiger partial charge in [0.05, 0.1) is 25.4 Å². The molecule has 0 aromatic heterocycles. The lowest BCUT2D eigenvalue weighted by Crippen LogP contribution is -2.60. The third kappa shape index (κ3) is 45.8. The van der Waals surface area contributed by atoms with Gasteiger partial charge in [-0.3, -0.25) is 4.79 Å². The Morgan fingerprint density at radius 3 is 1.23 bits per heavy atom. The summed E-state index contributed by atoms with van der Waals surface area (Å²) in [4.78, 5) is 13.1. The Bertz CT molecular complexity index is 1550. The fourth-order valence-corrected chi connectivity index (χ4v) is 9.81. The lowest BCUT2D eigenvalue weighted by atomic mass is 9.99. The van der Waals surface area contributed by atoms with Crippen LogP contribution < -0.4 is 5.32 Å². The molecular formula is C69H121NO8. The highest BCUT2D eigenvalue weighted by Crippen LogP contribution is 2.23. The van der Waals surface area contributed by atoms with Gasteiger partial charge in [-0.15, -0.1) is 0 Å². The SMILES string of the molecule is CC/C=C\C/C=C\C/C=C\C/C=C\C/C=C\CCCCCCCCCCCC(=O)NC(COC1OC(CO)C(O)C(O)C1O)C(O)/C=C/CC/C=C/CC/C=C/CCCCCCCCCCCCCCCCCCCCCC. The number of rotatable bonds is 55. The Morgan fingerprint density at radius 2 is 0.808 bits per heavy atom. The summed E-state index contributed by atoms with van der Waals surface area (Å²) >= 11 is 0. The van der Waals surface area contributed by atoms with Crippen LogP contribution in [0.15, 0.2) is 97.2 Å². The molecule has 1 saturated heterocycles. The van der Waals surface area contributed by atoms with E-state index in [1.165, 1.54) is 167 Å². The molecule has 9 heteroatoms. The third-order valence-corrected chi connectivity index (χ3v) is 14.9. The molecule has 1 aliphatic heterocycles. The topological polar surface area (TPSA) is 149 Å². The van der Waals surface area contributed by atoms with Crippen molar-refractivity contribution in [2.75, 3.05) is 13.2 Å². The summed E-state index contributed by atoms with van der Waals surface area (Å²) in [6.07, 6.45) is 76.4. The first-order valence-electron chi connectivity index (χ1n) is 32.5. The number of amides is 1. The maximum atomic E-state index is 13.1. The van der Waals surface area contributed by atoms with Crippen molar-refractivity contribution in [2.24, 2.45) is 0 Å². The molecule has 0 bridgehead atoms. The molecule has 0 aliphatic carbocycles. The van der Waals surface area contributed by atoms with Crippen molar-refractivity contribution >= 4 is 5.91 Å². The predicted molar refractivity (Wildman–Crippen MR) is 331 cm³/mol. The Morgan fingerprint density at radius 1 is 0.449 bits per heavy atom. The molecule has 0 radical (unpaired) electrons. The van der Waals surface area contributed by atoms with E-state index >= 15 is 0 Å². The number of nitrogens with one attached hydrogen (secondary N) is 1. The molecule has 9 nitrogen and oxygen atoms in total. The Balaban J connectivity index is 2.22. The van der Waals surface area contributed by atoms with E-state index in [1.807, 2.05) is 6.08 Å². The van der Waals surface area contributed by atoms with Crippen molar-refractivity contribution < 1.29 is 39.8 Å². The van der Waals surface area contributed by atoms with Gasteiger partial charge in [0.2, 0.25) is 5.91 Å². The molecule has 78 heavy (non-hydrogen) atoms. The van der Waals surface area contributed by atoms with Crippen LogP contribution in [0.25, 0.3) is 0 Å². The van der Waals surface area contributed by atoms with Crippen molar-refractivity contribution in [3.05, 3.63) is 97.2 Å². The molecule has 0 aromatic rings. The van der Waals surface area contributed by atoms with Gasteiger partial charge in [-0.05, 0) is 89.9 Å². The molecule has 7 atom stereocenters. The van der Waals surface area contributed by atoms with Crippen LogP contribution in [-0.4, -0.2) is 87.5 Å². The molecule has 450 valence electrons. The molecule has 7 unspecified atom stereocenters. The minimum Gasteiger partial charge on any atom is -0.394 e. The summed E-state index contributed by atoms with van der Waals surface area (Å²) in [5.41, 5.74) is 0. The van der Waals surface area contributed by atoms with Crippen LogP contribution in [0.4, 0.5) is 0 Å². The van der Waals surface area contributed by atoms with E-state index in [1.54, 1.807) is 6.08 Å². The molecule has 0 spiro atoms. The second-order valence-corrected chi connectivity index (χ2v) is 22.2. The highest BCUT2D eigenvalue weighted by Gasteiger charge is 2.44. The van der Waals surface area contributed by atoms with Gasteiger partial charge in [0, 0.05) is 6.42 Å². The van der Waals surface area contributed by atoms with Crippen LogP contribution in [0.1, 0.15) is 277 Å². The van der Waals surface area contributed by atoms with Crippen LogP contribution >= 0.6 is 0 Å². The molecule has 1 rings (SSSR count). The second-order valence-electron chi connectivity index (χ2n) is 22.2. The van der Waals surface area contributed by atoms with Gasteiger partial charge in [0.15, 0.2) is 6.29 Å². The van der Waals surface area contributed by atoms with Gasteiger partial charge in [-0.1, -0.05) is 278 Å². The Hall–Kier alpha value is -2.89. The number of hydrogen-bond acceptors (Lipinski definition) is 8. The summed E-state index contributed by atoms with van der Waals surface area (Å²) in [7, 11) is 0. The molecule has 0 saturated carbocycles. The number of allylic oxidation sites excluding steroid dienone is 15. The second kappa shape index (κ2) is 57.3. The number of hydrogen-bond donors (Lipinski definition) is 6. The zero-order valence-electron chi connectivity index (χ0n) is 50.1. The van der Waals surface area contributed by atoms with E-state index in [9.17, 15) is 30.3 Å². The largest absolute Gasteiger partial charge is 0.394 e. The number of carbonyl (C=O) groups excluding carboxylic acids is 1. The van der Waals surface area contributed by atoms with Crippen LogP contribution in [0.3, 0.4) is 0 Å². The molecule has 1 fully saturated rings. The number of aliphatic hydroxyl groups is 5. The van der Waals surface area contributed by atoms with Gasteiger partial charge in [-0.25, -0.2) is 0 Å². The third-order valence-electron chi connectivity index (χ3n) is 14.9. The summed E-state index contributed by atoms with van der Waals surface area (Å²) in [6.45, 7) is 3.66. The summed E-state index contributed by atoms with van der Waals surface area (Å²) in [6, 6.07) is -0.840. The molecule has 6 N–H and O–H groups in total. The first kappa shape index (κ1) is 73.1. The van der Waals surface area contributed by atoms with Crippen molar-refractivity contribution in [3.63, 3.8) is 0 Å². The van der Waals surface area contributed by atoms with Crippen LogP contribution in [0.5, 0.6) is 0 Å². The zero-order valence-corrected chi connectivity index (χ0v) is 50.1. The average Bonchev–Trinajstić information content (AvgIpc) is 3.45. The highest BCUT2D eigenvalue weighted by molar-refractivity contribution is 5.76. The Kier molecular flexibility index (Phi) is 53.8.